The highest BCUT2D eigenvalue weighted by Gasteiger charge is 2.21. The van der Waals surface area contributed by atoms with Gasteiger partial charge in [0.2, 0.25) is 0 Å². The van der Waals surface area contributed by atoms with Gasteiger partial charge in [0.05, 0.1) is 12.2 Å². The monoisotopic (exact) mass is 272 g/mol. The normalized spacial score (nSPS) is 15.1. The van der Waals surface area contributed by atoms with Gasteiger partial charge in [-0.05, 0) is 6.07 Å². The lowest BCUT2D eigenvalue weighted by atomic mass is 10.1. The fraction of sp³-hybridized carbons (Fsp3) is 0.500. The van der Waals surface area contributed by atoms with Crippen molar-refractivity contribution in [3.05, 3.63) is 36.0 Å². The molecular weight excluding hydrogens is 252 g/mol. The van der Waals surface area contributed by atoms with Crippen LogP contribution in [0.25, 0.3) is 0 Å². The smallest absolute Gasteiger partial charge is 0.136 e. The third-order valence-electron chi connectivity index (χ3n) is 3.69. The van der Waals surface area contributed by atoms with Gasteiger partial charge in [0.25, 0.3) is 0 Å². The van der Waals surface area contributed by atoms with Gasteiger partial charge >= 0.3 is 0 Å². The summed E-state index contributed by atoms with van der Waals surface area (Å²) in [5.41, 5.74) is 2.46. The molecule has 1 aliphatic rings. The van der Waals surface area contributed by atoms with Crippen LogP contribution in [0.4, 0.5) is 5.82 Å². The highest BCUT2D eigenvalue weighted by Crippen LogP contribution is 2.24. The van der Waals surface area contributed by atoms with Gasteiger partial charge in [-0.15, -0.1) is 0 Å². The second-order valence-corrected chi connectivity index (χ2v) is 5.31. The molecule has 1 aliphatic heterocycles. The SMILES string of the molecule is CN(C)c1ncnc2c1CN(CCn1cccn1)CC2. The average Bonchev–Trinajstić information content (AvgIpc) is 2.97. The fourth-order valence-corrected chi connectivity index (χ4v) is 2.64. The van der Waals surface area contributed by atoms with Crippen molar-refractivity contribution < 1.29 is 0 Å². The third-order valence-corrected chi connectivity index (χ3v) is 3.69. The second-order valence-electron chi connectivity index (χ2n) is 5.31. The zero-order valence-corrected chi connectivity index (χ0v) is 12.0. The van der Waals surface area contributed by atoms with Crippen LogP contribution in [0, 0.1) is 0 Å². The molecular formula is C14H20N6. The van der Waals surface area contributed by atoms with Gasteiger partial charge in [-0.25, -0.2) is 9.97 Å². The van der Waals surface area contributed by atoms with E-state index in [1.807, 2.05) is 37.2 Å². The minimum absolute atomic E-state index is 0.922. The summed E-state index contributed by atoms with van der Waals surface area (Å²) in [6.45, 7) is 3.90. The van der Waals surface area contributed by atoms with Crippen molar-refractivity contribution in [1.82, 2.24) is 24.6 Å². The van der Waals surface area contributed by atoms with Gasteiger partial charge < -0.3 is 4.90 Å². The van der Waals surface area contributed by atoms with Gasteiger partial charge in [-0.1, -0.05) is 0 Å². The van der Waals surface area contributed by atoms with Crippen LogP contribution >= 0.6 is 0 Å². The predicted molar refractivity (Wildman–Crippen MR) is 77.6 cm³/mol. The van der Waals surface area contributed by atoms with Crippen LogP contribution < -0.4 is 4.90 Å². The summed E-state index contributed by atoms with van der Waals surface area (Å²) in [7, 11) is 4.07. The standard InChI is InChI=1S/C14H20N6/c1-18(2)14-12-10-19(7-4-13(12)15-11-16-14)8-9-20-6-3-5-17-20/h3,5-6,11H,4,7-10H2,1-2H3. The first-order valence-corrected chi connectivity index (χ1v) is 6.94. The predicted octanol–water partition coefficient (Wildman–Crippen LogP) is 0.797. The highest BCUT2D eigenvalue weighted by molar-refractivity contribution is 5.48. The second kappa shape index (κ2) is 5.58. The lowest BCUT2D eigenvalue weighted by Crippen LogP contribution is -2.35. The van der Waals surface area contributed by atoms with Crippen molar-refractivity contribution in [2.24, 2.45) is 0 Å². The van der Waals surface area contributed by atoms with E-state index in [0.29, 0.717) is 0 Å². The largest absolute Gasteiger partial charge is 0.362 e. The molecule has 0 atom stereocenters. The van der Waals surface area contributed by atoms with Crippen LogP contribution in [-0.2, 0) is 19.5 Å². The van der Waals surface area contributed by atoms with Gasteiger partial charge in [0, 0.05) is 58.1 Å². The molecule has 0 saturated carbocycles. The number of aromatic nitrogens is 4. The van der Waals surface area contributed by atoms with Crippen molar-refractivity contribution in [3.8, 4) is 0 Å². The van der Waals surface area contributed by atoms with Crippen molar-refractivity contribution >= 4 is 5.82 Å². The fourth-order valence-electron chi connectivity index (χ4n) is 2.64. The molecule has 6 heteroatoms. The Labute approximate surface area is 119 Å². The van der Waals surface area contributed by atoms with Crippen molar-refractivity contribution in [3.63, 3.8) is 0 Å². The Morgan fingerprint density at radius 3 is 2.90 bits per heavy atom. The molecule has 0 aromatic carbocycles. The minimum atomic E-state index is 0.922. The summed E-state index contributed by atoms with van der Waals surface area (Å²) in [5.74, 6) is 1.04. The Morgan fingerprint density at radius 2 is 2.15 bits per heavy atom. The molecule has 0 unspecified atom stereocenters. The van der Waals surface area contributed by atoms with Gasteiger partial charge in [0.1, 0.15) is 12.1 Å². The van der Waals surface area contributed by atoms with Crippen molar-refractivity contribution in [1.29, 1.82) is 0 Å². The topological polar surface area (TPSA) is 50.1 Å². The number of anilines is 1. The van der Waals surface area contributed by atoms with E-state index in [4.69, 9.17) is 0 Å². The lowest BCUT2D eigenvalue weighted by molar-refractivity contribution is 0.238. The van der Waals surface area contributed by atoms with E-state index in [-0.39, 0.29) is 0 Å². The number of fused-ring (bicyclic) bond motifs is 1. The maximum Gasteiger partial charge on any atom is 0.136 e. The summed E-state index contributed by atoms with van der Waals surface area (Å²) in [4.78, 5) is 13.3. The number of hydrogen-bond acceptors (Lipinski definition) is 5. The molecule has 0 spiro atoms. The molecule has 0 N–H and O–H groups in total. The van der Waals surface area contributed by atoms with E-state index in [1.54, 1.807) is 6.33 Å². The third kappa shape index (κ3) is 2.65. The summed E-state index contributed by atoms with van der Waals surface area (Å²) in [6.07, 6.45) is 6.50. The lowest BCUT2D eigenvalue weighted by Gasteiger charge is -2.30. The molecule has 2 aromatic rings. The van der Waals surface area contributed by atoms with E-state index in [2.05, 4.69) is 24.9 Å². The highest BCUT2D eigenvalue weighted by atomic mass is 15.3. The van der Waals surface area contributed by atoms with Crippen LogP contribution in [0.15, 0.2) is 24.8 Å². The maximum absolute atomic E-state index is 4.42. The molecule has 0 amide bonds. The van der Waals surface area contributed by atoms with E-state index < -0.39 is 0 Å². The van der Waals surface area contributed by atoms with Gasteiger partial charge in [0.15, 0.2) is 0 Å². The summed E-state index contributed by atoms with van der Waals surface area (Å²) >= 11 is 0. The Hall–Kier alpha value is -1.95. The summed E-state index contributed by atoms with van der Waals surface area (Å²) in [5, 5.41) is 4.25. The Bertz CT molecular complexity index is 563. The Morgan fingerprint density at radius 1 is 1.25 bits per heavy atom. The summed E-state index contributed by atoms with van der Waals surface area (Å²) < 4.78 is 1.98. The zero-order chi connectivity index (χ0) is 13.9. The Kier molecular flexibility index (Phi) is 3.64. The molecule has 0 fully saturated rings. The summed E-state index contributed by atoms with van der Waals surface area (Å²) in [6, 6.07) is 1.96. The Balaban J connectivity index is 1.71. The van der Waals surface area contributed by atoms with Gasteiger partial charge in [-0.2, -0.15) is 5.10 Å². The van der Waals surface area contributed by atoms with Crippen molar-refractivity contribution in [2.75, 3.05) is 32.1 Å². The number of hydrogen-bond donors (Lipinski definition) is 0. The molecule has 6 nitrogen and oxygen atoms in total. The molecule has 0 aliphatic carbocycles. The molecule has 0 saturated heterocycles. The van der Waals surface area contributed by atoms with Gasteiger partial charge in [-0.3, -0.25) is 9.58 Å². The molecule has 106 valence electrons. The van der Waals surface area contributed by atoms with Crippen LogP contribution in [-0.4, -0.2) is 51.8 Å². The molecule has 0 radical (unpaired) electrons. The minimum Gasteiger partial charge on any atom is -0.362 e. The number of rotatable bonds is 4. The number of nitrogens with zero attached hydrogens (tertiary/aromatic N) is 6. The van der Waals surface area contributed by atoms with E-state index >= 15 is 0 Å². The first kappa shape index (κ1) is 13.1. The molecule has 3 rings (SSSR count). The average molecular weight is 272 g/mol. The van der Waals surface area contributed by atoms with Crippen LogP contribution in [0.2, 0.25) is 0 Å². The molecule has 2 aromatic heterocycles. The van der Waals surface area contributed by atoms with E-state index in [1.165, 1.54) is 11.3 Å². The first-order chi connectivity index (χ1) is 9.74. The molecule has 0 bridgehead atoms. The maximum atomic E-state index is 4.42. The first-order valence-electron chi connectivity index (χ1n) is 6.94. The van der Waals surface area contributed by atoms with E-state index in [9.17, 15) is 0 Å². The van der Waals surface area contributed by atoms with Crippen LogP contribution in [0.1, 0.15) is 11.3 Å². The van der Waals surface area contributed by atoms with Crippen molar-refractivity contribution in [2.45, 2.75) is 19.5 Å². The quantitative estimate of drug-likeness (QED) is 0.824. The molecule has 3 heterocycles. The van der Waals surface area contributed by atoms with E-state index in [0.717, 1.165) is 38.4 Å². The molecule has 20 heavy (non-hydrogen) atoms. The zero-order valence-electron chi connectivity index (χ0n) is 12.0. The van der Waals surface area contributed by atoms with Crippen LogP contribution in [0.3, 0.4) is 0 Å². The van der Waals surface area contributed by atoms with Crippen LogP contribution in [0.5, 0.6) is 0 Å².